The number of carbonyl (C=O) groups is 1. The van der Waals surface area contributed by atoms with Gasteiger partial charge in [0.05, 0.1) is 48.1 Å². The Kier molecular flexibility index (Phi) is 6.55. The number of carbonyl (C=O) groups excluding carboxylic acids is 1. The molecule has 1 heterocycles. The minimum absolute atomic E-state index is 0.428. The van der Waals surface area contributed by atoms with Crippen LogP contribution in [0.3, 0.4) is 0 Å². The topological polar surface area (TPSA) is 17.1 Å². The zero-order chi connectivity index (χ0) is 22.6. The number of hydrogen-bond donors (Lipinski definition) is 0. The van der Waals surface area contributed by atoms with Crippen molar-refractivity contribution >= 4 is 41.5 Å². The first-order chi connectivity index (χ1) is 16.2. The van der Waals surface area contributed by atoms with Gasteiger partial charge in [-0.1, -0.05) is 72.8 Å². The molecule has 0 aliphatic carbocycles. The first kappa shape index (κ1) is 22.2. The van der Waals surface area contributed by atoms with Gasteiger partial charge in [-0.2, -0.15) is 0 Å². The molecule has 0 radical (unpaired) electrons. The smallest absolute Gasteiger partial charge is 0.208 e. The number of benzene rings is 4. The van der Waals surface area contributed by atoms with Crippen LogP contribution in [0.15, 0.2) is 121 Å². The maximum Gasteiger partial charge on any atom is 0.208 e. The molecular formula is C30H30OP2+2. The lowest BCUT2D eigenvalue weighted by Crippen LogP contribution is -2.38. The summed E-state index contributed by atoms with van der Waals surface area (Å²) in [6.45, 7) is 0. The summed E-state index contributed by atoms with van der Waals surface area (Å²) in [5, 5.41) is 5.48. The molecule has 0 atom stereocenters. The van der Waals surface area contributed by atoms with Crippen LogP contribution in [-0.4, -0.2) is 30.4 Å². The minimum Gasteiger partial charge on any atom is -0.291 e. The monoisotopic (exact) mass is 468 g/mol. The lowest BCUT2D eigenvalue weighted by molar-refractivity contribution is -0.114. The molecule has 1 aliphatic rings. The lowest BCUT2D eigenvalue weighted by atomic mass is 10.4. The standard InChI is InChI=1S/C30H30OP2/c31-26-24-32(27-14-5-1-6-15-27,28-16-7-2-8-17-28)22-13-23-33(25-26,29-18-9-3-10-19-29)30-20-11-4-12-21-30/h1-12,14-21H,13,22-25H2/q+2. The van der Waals surface area contributed by atoms with Crippen LogP contribution in [0.4, 0.5) is 0 Å². The van der Waals surface area contributed by atoms with Crippen molar-refractivity contribution in [1.29, 1.82) is 0 Å². The Morgan fingerprint density at radius 2 is 0.697 bits per heavy atom. The average Bonchev–Trinajstić information content (AvgIpc) is 2.88. The second-order valence-corrected chi connectivity index (χ2v) is 16.4. The minimum atomic E-state index is -1.79. The van der Waals surface area contributed by atoms with Gasteiger partial charge in [-0.05, 0) is 48.5 Å². The highest BCUT2D eigenvalue weighted by Crippen LogP contribution is 2.64. The molecule has 0 N–H and O–H groups in total. The van der Waals surface area contributed by atoms with Gasteiger partial charge in [0, 0.05) is 6.42 Å². The van der Waals surface area contributed by atoms with Crippen LogP contribution in [0.25, 0.3) is 0 Å². The average molecular weight is 469 g/mol. The van der Waals surface area contributed by atoms with Gasteiger partial charge in [0.2, 0.25) is 5.78 Å². The van der Waals surface area contributed by atoms with Crippen LogP contribution in [0.5, 0.6) is 0 Å². The van der Waals surface area contributed by atoms with E-state index in [4.69, 9.17) is 0 Å². The van der Waals surface area contributed by atoms with Crippen molar-refractivity contribution in [2.75, 3.05) is 24.6 Å². The summed E-state index contributed by atoms with van der Waals surface area (Å²) in [5.41, 5.74) is 0. The van der Waals surface area contributed by atoms with Crippen LogP contribution < -0.4 is 21.2 Å². The van der Waals surface area contributed by atoms with E-state index in [9.17, 15) is 4.79 Å². The third-order valence-electron chi connectivity index (χ3n) is 6.97. The van der Waals surface area contributed by atoms with E-state index in [-0.39, 0.29) is 0 Å². The molecule has 0 amide bonds. The van der Waals surface area contributed by atoms with Crippen molar-refractivity contribution in [2.45, 2.75) is 6.42 Å². The summed E-state index contributed by atoms with van der Waals surface area (Å²) in [6.07, 6.45) is 4.66. The van der Waals surface area contributed by atoms with Crippen molar-refractivity contribution in [1.82, 2.24) is 0 Å². The van der Waals surface area contributed by atoms with Crippen molar-refractivity contribution in [2.24, 2.45) is 0 Å². The Balaban J connectivity index is 1.60. The molecule has 4 aromatic carbocycles. The summed E-state index contributed by atoms with van der Waals surface area (Å²) in [7, 11) is -3.59. The van der Waals surface area contributed by atoms with Gasteiger partial charge >= 0.3 is 0 Å². The molecule has 0 unspecified atom stereocenters. The fraction of sp³-hybridized carbons (Fsp3) is 0.167. The zero-order valence-corrected chi connectivity index (χ0v) is 20.7. The molecule has 164 valence electrons. The van der Waals surface area contributed by atoms with Crippen molar-refractivity contribution in [3.8, 4) is 0 Å². The molecule has 4 aromatic rings. The maximum atomic E-state index is 14.0. The van der Waals surface area contributed by atoms with E-state index in [1.54, 1.807) is 0 Å². The van der Waals surface area contributed by atoms with E-state index in [0.29, 0.717) is 18.1 Å². The number of Topliss-reactive ketones (excluding diaryl/α,β-unsaturated/α-hetero) is 1. The second kappa shape index (κ2) is 9.72. The quantitative estimate of drug-likeness (QED) is 0.372. The van der Waals surface area contributed by atoms with Crippen LogP contribution in [0.2, 0.25) is 0 Å². The molecule has 0 aromatic heterocycles. The molecule has 3 heteroatoms. The SMILES string of the molecule is O=C1C[P+](c2ccccc2)(c2ccccc2)CCC[P+](c2ccccc2)(c2ccccc2)C1. The maximum absolute atomic E-state index is 14.0. The molecule has 1 nitrogen and oxygen atoms in total. The highest BCUT2D eigenvalue weighted by atomic mass is 31.2. The summed E-state index contributed by atoms with van der Waals surface area (Å²) < 4.78 is 0. The van der Waals surface area contributed by atoms with Gasteiger partial charge in [0.15, 0.2) is 0 Å². The van der Waals surface area contributed by atoms with Crippen molar-refractivity contribution < 1.29 is 4.79 Å². The van der Waals surface area contributed by atoms with Crippen LogP contribution in [0, 0.1) is 0 Å². The van der Waals surface area contributed by atoms with Gasteiger partial charge < -0.3 is 0 Å². The number of ketones is 1. The van der Waals surface area contributed by atoms with E-state index >= 15 is 0 Å². The molecule has 0 saturated carbocycles. The van der Waals surface area contributed by atoms with E-state index in [2.05, 4.69) is 121 Å². The van der Waals surface area contributed by atoms with E-state index in [1.165, 1.54) is 21.2 Å². The predicted octanol–water partition coefficient (Wildman–Crippen LogP) is 5.30. The van der Waals surface area contributed by atoms with Crippen LogP contribution in [0.1, 0.15) is 6.42 Å². The van der Waals surface area contributed by atoms with Gasteiger partial charge in [-0.3, -0.25) is 4.79 Å². The fourth-order valence-corrected chi connectivity index (χ4v) is 14.4. The highest BCUT2D eigenvalue weighted by molar-refractivity contribution is 7.92. The molecule has 1 aliphatic heterocycles. The normalized spacial score (nSPS) is 17.6. The summed E-state index contributed by atoms with van der Waals surface area (Å²) >= 11 is 0. The third kappa shape index (κ3) is 4.33. The Morgan fingerprint density at radius 1 is 0.424 bits per heavy atom. The molecule has 33 heavy (non-hydrogen) atoms. The largest absolute Gasteiger partial charge is 0.291 e. The highest BCUT2D eigenvalue weighted by Gasteiger charge is 2.52. The van der Waals surface area contributed by atoms with Gasteiger partial charge in [-0.25, -0.2) is 0 Å². The first-order valence-electron chi connectivity index (χ1n) is 11.7. The number of hydrogen-bond acceptors (Lipinski definition) is 1. The summed E-state index contributed by atoms with van der Waals surface area (Å²) in [6, 6.07) is 43.4. The second-order valence-electron chi connectivity index (χ2n) is 8.93. The zero-order valence-electron chi connectivity index (χ0n) is 18.9. The van der Waals surface area contributed by atoms with E-state index < -0.39 is 14.5 Å². The van der Waals surface area contributed by atoms with Crippen molar-refractivity contribution in [3.63, 3.8) is 0 Å². The molecule has 1 fully saturated rings. The Labute approximate surface area is 198 Å². The van der Waals surface area contributed by atoms with Gasteiger partial charge in [0.25, 0.3) is 0 Å². The van der Waals surface area contributed by atoms with Crippen molar-refractivity contribution in [3.05, 3.63) is 121 Å². The summed E-state index contributed by atoms with van der Waals surface area (Å²) in [5.74, 6) is 0.428. The Morgan fingerprint density at radius 3 is 0.970 bits per heavy atom. The van der Waals surface area contributed by atoms with Gasteiger partial charge in [-0.15, -0.1) is 0 Å². The molecule has 0 bridgehead atoms. The molecule has 5 rings (SSSR count). The van der Waals surface area contributed by atoms with Gasteiger partial charge in [0.1, 0.15) is 12.3 Å². The van der Waals surface area contributed by atoms with Crippen LogP contribution in [-0.2, 0) is 4.79 Å². The summed E-state index contributed by atoms with van der Waals surface area (Å²) in [4.78, 5) is 14.0. The van der Waals surface area contributed by atoms with Crippen LogP contribution >= 0.6 is 14.5 Å². The molecular weight excluding hydrogens is 438 g/mol. The third-order valence-corrected chi connectivity index (χ3v) is 16.1. The predicted molar refractivity (Wildman–Crippen MR) is 147 cm³/mol. The Hall–Kier alpha value is -2.59. The number of rotatable bonds is 4. The first-order valence-corrected chi connectivity index (χ1v) is 16.0. The fourth-order valence-electron chi connectivity index (χ4n) is 5.45. The van der Waals surface area contributed by atoms with E-state index in [1.807, 2.05) is 0 Å². The van der Waals surface area contributed by atoms with E-state index in [0.717, 1.165) is 18.7 Å². The molecule has 0 spiro atoms. The Bertz CT molecular complexity index is 1020. The molecule has 1 saturated heterocycles. The lowest BCUT2D eigenvalue weighted by Gasteiger charge is -2.33.